The predicted octanol–water partition coefficient (Wildman–Crippen LogP) is 0.511. The van der Waals surface area contributed by atoms with Crippen molar-refractivity contribution < 1.29 is 9.53 Å². The van der Waals surface area contributed by atoms with Gasteiger partial charge in [-0.05, 0) is 6.42 Å². The van der Waals surface area contributed by atoms with Crippen LogP contribution in [0, 0.1) is 11.3 Å². The van der Waals surface area contributed by atoms with Crippen LogP contribution in [0.3, 0.4) is 0 Å². The van der Waals surface area contributed by atoms with E-state index in [1.807, 2.05) is 6.92 Å². The molecule has 0 heterocycles. The Morgan fingerprint density at radius 2 is 2.27 bits per heavy atom. The highest BCUT2D eigenvalue weighted by Crippen LogP contribution is 2.42. The molecule has 3 atom stereocenters. The van der Waals surface area contributed by atoms with Crippen molar-refractivity contribution in [2.45, 2.75) is 39.3 Å². The van der Waals surface area contributed by atoms with E-state index in [9.17, 15) is 4.79 Å². The number of carbonyl (C=O) groups is 1. The first-order chi connectivity index (χ1) is 6.93. The summed E-state index contributed by atoms with van der Waals surface area (Å²) in [6.07, 6.45) is 1.14. The largest absolute Gasteiger partial charge is 0.381 e. The minimum Gasteiger partial charge on any atom is -0.381 e. The number of hydrogen-bond donors (Lipinski definition) is 2. The third kappa shape index (κ3) is 2.32. The highest BCUT2D eigenvalue weighted by molar-refractivity contribution is 5.79. The zero-order chi connectivity index (χ0) is 11.6. The van der Waals surface area contributed by atoms with Crippen molar-refractivity contribution in [2.24, 2.45) is 17.1 Å². The molecule has 3 N–H and O–H groups in total. The second-order valence-electron chi connectivity index (χ2n) is 4.98. The van der Waals surface area contributed by atoms with E-state index >= 15 is 0 Å². The zero-order valence-electron chi connectivity index (χ0n) is 10.0. The molecule has 0 aliphatic heterocycles. The van der Waals surface area contributed by atoms with Crippen LogP contribution in [0.1, 0.15) is 27.2 Å². The molecule has 0 aromatic rings. The summed E-state index contributed by atoms with van der Waals surface area (Å²) in [7, 11) is 1.72. The summed E-state index contributed by atoms with van der Waals surface area (Å²) in [6.45, 7) is 6.47. The molecule has 88 valence electrons. The number of hydrogen-bond acceptors (Lipinski definition) is 3. The fourth-order valence-electron chi connectivity index (χ4n) is 1.95. The van der Waals surface area contributed by atoms with Gasteiger partial charge < -0.3 is 15.8 Å². The molecule has 1 amide bonds. The fourth-order valence-corrected chi connectivity index (χ4v) is 1.95. The van der Waals surface area contributed by atoms with Gasteiger partial charge in [-0.25, -0.2) is 0 Å². The monoisotopic (exact) mass is 214 g/mol. The maximum atomic E-state index is 11.6. The summed E-state index contributed by atoms with van der Waals surface area (Å²) >= 11 is 0. The number of rotatable bonds is 4. The second kappa shape index (κ2) is 4.49. The molecule has 0 aromatic heterocycles. The average Bonchev–Trinajstić information content (AvgIpc) is 2.21. The molecule has 3 unspecified atom stereocenters. The summed E-state index contributed by atoms with van der Waals surface area (Å²) < 4.78 is 5.32. The van der Waals surface area contributed by atoms with Crippen LogP contribution >= 0.6 is 0 Å². The van der Waals surface area contributed by atoms with Crippen LogP contribution in [0.2, 0.25) is 0 Å². The molecule has 4 heteroatoms. The Hall–Kier alpha value is -0.610. The molecule has 1 rings (SSSR count). The van der Waals surface area contributed by atoms with E-state index in [1.54, 1.807) is 7.11 Å². The van der Waals surface area contributed by atoms with Crippen LogP contribution in [0.15, 0.2) is 0 Å². The lowest BCUT2D eigenvalue weighted by Crippen LogP contribution is -2.62. The summed E-state index contributed by atoms with van der Waals surface area (Å²) in [5, 5.41) is 3.02. The molecule has 1 saturated carbocycles. The SMILES string of the molecule is COC1CC(NC(=O)C(C)CN)C1(C)C. The van der Waals surface area contributed by atoms with Crippen molar-refractivity contribution in [1.82, 2.24) is 5.32 Å². The van der Waals surface area contributed by atoms with Crippen LogP contribution in [0.4, 0.5) is 0 Å². The average molecular weight is 214 g/mol. The van der Waals surface area contributed by atoms with Gasteiger partial charge in [0.2, 0.25) is 5.91 Å². The molecule has 1 fully saturated rings. The highest BCUT2D eigenvalue weighted by atomic mass is 16.5. The summed E-state index contributed by atoms with van der Waals surface area (Å²) in [5.41, 5.74) is 5.47. The first kappa shape index (κ1) is 12.5. The topological polar surface area (TPSA) is 64.3 Å². The standard InChI is InChI=1S/C11H22N2O2/c1-7(6-12)10(14)13-8-5-9(15-4)11(8,2)3/h7-9H,5-6,12H2,1-4H3,(H,13,14). The van der Waals surface area contributed by atoms with E-state index in [2.05, 4.69) is 19.2 Å². The van der Waals surface area contributed by atoms with Crippen LogP contribution in [-0.4, -0.2) is 31.7 Å². The maximum Gasteiger partial charge on any atom is 0.224 e. The number of methoxy groups -OCH3 is 1. The third-order valence-corrected chi connectivity index (χ3v) is 3.58. The van der Waals surface area contributed by atoms with E-state index in [0.29, 0.717) is 6.54 Å². The van der Waals surface area contributed by atoms with Gasteiger partial charge in [-0.2, -0.15) is 0 Å². The molecule has 0 radical (unpaired) electrons. The van der Waals surface area contributed by atoms with Crippen molar-refractivity contribution in [3.05, 3.63) is 0 Å². The smallest absolute Gasteiger partial charge is 0.224 e. The Bertz CT molecular complexity index is 241. The van der Waals surface area contributed by atoms with Gasteiger partial charge in [-0.15, -0.1) is 0 Å². The molecule has 0 aromatic carbocycles. The first-order valence-electron chi connectivity index (χ1n) is 5.46. The minimum atomic E-state index is -0.109. The Morgan fingerprint density at radius 1 is 1.67 bits per heavy atom. The van der Waals surface area contributed by atoms with Gasteiger partial charge in [0.15, 0.2) is 0 Å². The summed E-state index contributed by atoms with van der Waals surface area (Å²) in [4.78, 5) is 11.6. The molecule has 15 heavy (non-hydrogen) atoms. The van der Waals surface area contributed by atoms with Crippen LogP contribution in [-0.2, 0) is 9.53 Å². The van der Waals surface area contributed by atoms with Gasteiger partial charge >= 0.3 is 0 Å². The van der Waals surface area contributed by atoms with Crippen molar-refractivity contribution in [2.75, 3.05) is 13.7 Å². The van der Waals surface area contributed by atoms with E-state index in [-0.39, 0.29) is 29.4 Å². The third-order valence-electron chi connectivity index (χ3n) is 3.58. The molecule has 0 spiro atoms. The Balaban J connectivity index is 2.46. The summed E-state index contributed by atoms with van der Waals surface area (Å²) in [6, 6.07) is 0.212. The number of nitrogens with two attached hydrogens (primary N) is 1. The van der Waals surface area contributed by atoms with Gasteiger partial charge in [0.25, 0.3) is 0 Å². The van der Waals surface area contributed by atoms with Crippen molar-refractivity contribution in [3.8, 4) is 0 Å². The molecule has 1 aliphatic rings. The van der Waals surface area contributed by atoms with E-state index < -0.39 is 0 Å². The first-order valence-corrected chi connectivity index (χ1v) is 5.46. The molecule has 0 saturated heterocycles. The van der Waals surface area contributed by atoms with E-state index in [1.165, 1.54) is 0 Å². The number of ether oxygens (including phenoxy) is 1. The van der Waals surface area contributed by atoms with Crippen molar-refractivity contribution >= 4 is 5.91 Å². The maximum absolute atomic E-state index is 11.6. The predicted molar refractivity (Wildman–Crippen MR) is 59.3 cm³/mol. The van der Waals surface area contributed by atoms with Gasteiger partial charge in [-0.3, -0.25) is 4.79 Å². The van der Waals surface area contributed by atoms with Crippen LogP contribution in [0.5, 0.6) is 0 Å². The molecule has 4 nitrogen and oxygen atoms in total. The minimum absolute atomic E-state index is 0.0265. The van der Waals surface area contributed by atoms with Crippen molar-refractivity contribution in [1.29, 1.82) is 0 Å². The zero-order valence-corrected chi connectivity index (χ0v) is 10.0. The summed E-state index contributed by atoms with van der Waals surface area (Å²) in [5.74, 6) is -0.0625. The number of carbonyl (C=O) groups excluding carboxylic acids is 1. The molecular weight excluding hydrogens is 192 g/mol. The Kier molecular flexibility index (Phi) is 3.73. The van der Waals surface area contributed by atoms with Gasteiger partial charge in [0.1, 0.15) is 0 Å². The second-order valence-corrected chi connectivity index (χ2v) is 4.98. The lowest BCUT2D eigenvalue weighted by Gasteiger charge is -2.51. The van der Waals surface area contributed by atoms with Crippen LogP contribution < -0.4 is 11.1 Å². The lowest BCUT2D eigenvalue weighted by molar-refractivity contribution is -0.135. The fraction of sp³-hybridized carbons (Fsp3) is 0.909. The van der Waals surface area contributed by atoms with Crippen molar-refractivity contribution in [3.63, 3.8) is 0 Å². The number of nitrogens with one attached hydrogen (secondary N) is 1. The molecule has 0 bridgehead atoms. The van der Waals surface area contributed by atoms with Gasteiger partial charge in [-0.1, -0.05) is 20.8 Å². The Labute approximate surface area is 91.5 Å². The van der Waals surface area contributed by atoms with E-state index in [0.717, 1.165) is 6.42 Å². The lowest BCUT2D eigenvalue weighted by atomic mass is 9.64. The number of amides is 1. The normalized spacial score (nSPS) is 30.5. The highest BCUT2D eigenvalue weighted by Gasteiger charge is 2.49. The quantitative estimate of drug-likeness (QED) is 0.716. The molecular formula is C11H22N2O2. The van der Waals surface area contributed by atoms with E-state index in [4.69, 9.17) is 10.5 Å². The van der Waals surface area contributed by atoms with Crippen LogP contribution in [0.25, 0.3) is 0 Å². The Morgan fingerprint density at radius 3 is 2.67 bits per heavy atom. The van der Waals surface area contributed by atoms with Gasteiger partial charge in [0, 0.05) is 31.0 Å². The molecule has 1 aliphatic carbocycles. The van der Waals surface area contributed by atoms with Gasteiger partial charge in [0.05, 0.1) is 6.10 Å².